The number of anilines is 1. The smallest absolute Gasteiger partial charge is 0.242 e. The summed E-state index contributed by atoms with van der Waals surface area (Å²) in [6.07, 6.45) is 0. The Hall–Kier alpha value is -1.75. The van der Waals surface area contributed by atoms with E-state index in [9.17, 15) is 4.79 Å². The van der Waals surface area contributed by atoms with E-state index in [1.807, 2.05) is 36.1 Å². The molecule has 0 bridgehead atoms. The average Bonchev–Trinajstić information content (AvgIpc) is 2.47. The van der Waals surface area contributed by atoms with Crippen molar-refractivity contribution in [3.05, 3.63) is 24.3 Å². The van der Waals surface area contributed by atoms with E-state index in [1.165, 1.54) is 0 Å². The van der Waals surface area contributed by atoms with Gasteiger partial charge in [0.1, 0.15) is 5.75 Å². The number of hydrogen-bond acceptors (Lipinski definition) is 4. The molecule has 5 heteroatoms. The van der Waals surface area contributed by atoms with Gasteiger partial charge in [-0.3, -0.25) is 4.79 Å². The molecule has 1 aromatic rings. The van der Waals surface area contributed by atoms with E-state index < -0.39 is 0 Å². The highest BCUT2D eigenvalue weighted by molar-refractivity contribution is 5.81. The third-order valence-corrected chi connectivity index (χ3v) is 2.97. The zero-order valence-electron chi connectivity index (χ0n) is 11.2. The van der Waals surface area contributed by atoms with Gasteiger partial charge in [-0.05, 0) is 31.2 Å². The number of nitrogens with zero attached hydrogens (tertiary/aromatic N) is 1. The summed E-state index contributed by atoms with van der Waals surface area (Å²) in [6, 6.07) is 7.62. The van der Waals surface area contributed by atoms with Gasteiger partial charge in [0.05, 0.1) is 26.4 Å². The Kier molecular flexibility index (Phi) is 5.03. The number of amides is 1. The van der Waals surface area contributed by atoms with Crippen LogP contribution < -0.4 is 10.1 Å². The van der Waals surface area contributed by atoms with Gasteiger partial charge in [0.25, 0.3) is 0 Å². The van der Waals surface area contributed by atoms with Crippen LogP contribution in [0.5, 0.6) is 5.75 Å². The highest BCUT2D eigenvalue weighted by Gasteiger charge is 2.15. The lowest BCUT2D eigenvalue weighted by Crippen LogP contribution is -2.43. The first-order valence-corrected chi connectivity index (χ1v) is 6.62. The number of nitrogens with one attached hydrogen (secondary N) is 1. The fourth-order valence-corrected chi connectivity index (χ4v) is 1.94. The van der Waals surface area contributed by atoms with Crippen molar-refractivity contribution in [3.63, 3.8) is 0 Å². The maximum absolute atomic E-state index is 11.9. The van der Waals surface area contributed by atoms with E-state index in [2.05, 4.69) is 5.32 Å². The van der Waals surface area contributed by atoms with Crippen LogP contribution in [0.4, 0.5) is 5.69 Å². The normalized spacial score (nSPS) is 15.1. The Labute approximate surface area is 113 Å². The average molecular weight is 264 g/mol. The Morgan fingerprint density at radius 3 is 2.63 bits per heavy atom. The van der Waals surface area contributed by atoms with E-state index in [-0.39, 0.29) is 5.91 Å². The molecule has 0 spiro atoms. The number of morpholine rings is 1. The second kappa shape index (κ2) is 6.99. The van der Waals surface area contributed by atoms with Gasteiger partial charge in [0.2, 0.25) is 5.91 Å². The molecule has 2 rings (SSSR count). The van der Waals surface area contributed by atoms with Crippen LogP contribution in [0.25, 0.3) is 0 Å². The van der Waals surface area contributed by atoms with Gasteiger partial charge in [-0.1, -0.05) is 0 Å². The summed E-state index contributed by atoms with van der Waals surface area (Å²) < 4.78 is 10.6. The zero-order valence-corrected chi connectivity index (χ0v) is 11.2. The molecule has 5 nitrogen and oxygen atoms in total. The third-order valence-electron chi connectivity index (χ3n) is 2.97. The van der Waals surface area contributed by atoms with Crippen LogP contribution in [-0.2, 0) is 9.53 Å². The Bertz CT molecular complexity index is 400. The number of benzene rings is 1. The van der Waals surface area contributed by atoms with Crippen molar-refractivity contribution >= 4 is 11.6 Å². The van der Waals surface area contributed by atoms with Crippen LogP contribution >= 0.6 is 0 Å². The second-order valence-corrected chi connectivity index (χ2v) is 4.30. The number of carbonyl (C=O) groups excluding carboxylic acids is 1. The largest absolute Gasteiger partial charge is 0.494 e. The van der Waals surface area contributed by atoms with E-state index in [0.29, 0.717) is 39.5 Å². The molecule has 1 saturated heterocycles. The third kappa shape index (κ3) is 4.13. The maximum atomic E-state index is 11.9. The summed E-state index contributed by atoms with van der Waals surface area (Å²) >= 11 is 0. The van der Waals surface area contributed by atoms with Crippen LogP contribution in [0, 0.1) is 0 Å². The molecule has 0 unspecified atom stereocenters. The van der Waals surface area contributed by atoms with E-state index >= 15 is 0 Å². The van der Waals surface area contributed by atoms with Crippen molar-refractivity contribution in [2.24, 2.45) is 0 Å². The molecule has 0 aromatic heterocycles. The Balaban J connectivity index is 1.79. The van der Waals surface area contributed by atoms with Gasteiger partial charge in [-0.25, -0.2) is 0 Å². The lowest BCUT2D eigenvalue weighted by atomic mass is 10.3. The number of ether oxygens (including phenoxy) is 2. The topological polar surface area (TPSA) is 50.8 Å². The van der Waals surface area contributed by atoms with E-state index in [1.54, 1.807) is 0 Å². The molecule has 0 radical (unpaired) electrons. The quantitative estimate of drug-likeness (QED) is 0.872. The molecule has 1 N–H and O–H groups in total. The molecule has 1 aromatic carbocycles. The highest BCUT2D eigenvalue weighted by Crippen LogP contribution is 2.15. The Morgan fingerprint density at radius 1 is 1.32 bits per heavy atom. The molecule has 0 atom stereocenters. The molecule has 1 aliphatic rings. The summed E-state index contributed by atoms with van der Waals surface area (Å²) in [5.74, 6) is 0.949. The Morgan fingerprint density at radius 2 is 2.00 bits per heavy atom. The van der Waals surface area contributed by atoms with Crippen LogP contribution in [-0.4, -0.2) is 50.3 Å². The molecule has 0 aliphatic carbocycles. The molecule has 1 fully saturated rings. The van der Waals surface area contributed by atoms with Crippen molar-refractivity contribution in [1.29, 1.82) is 0 Å². The minimum Gasteiger partial charge on any atom is -0.494 e. The fraction of sp³-hybridized carbons (Fsp3) is 0.500. The first kappa shape index (κ1) is 13.7. The molecule has 1 aliphatic heterocycles. The number of rotatable bonds is 5. The minimum atomic E-state index is 0.109. The first-order chi connectivity index (χ1) is 9.29. The van der Waals surface area contributed by atoms with Gasteiger partial charge in [0.15, 0.2) is 0 Å². The van der Waals surface area contributed by atoms with E-state index in [4.69, 9.17) is 9.47 Å². The van der Waals surface area contributed by atoms with Crippen molar-refractivity contribution in [2.45, 2.75) is 6.92 Å². The minimum absolute atomic E-state index is 0.109. The predicted octanol–water partition coefficient (Wildman–Crippen LogP) is 1.36. The summed E-state index contributed by atoms with van der Waals surface area (Å²) in [5.41, 5.74) is 0.921. The molecule has 104 valence electrons. The molecular weight excluding hydrogens is 244 g/mol. The summed E-state index contributed by atoms with van der Waals surface area (Å²) in [6.45, 7) is 5.56. The predicted molar refractivity (Wildman–Crippen MR) is 73.5 cm³/mol. The lowest BCUT2D eigenvalue weighted by Gasteiger charge is -2.27. The molecule has 1 heterocycles. The zero-order chi connectivity index (χ0) is 13.5. The van der Waals surface area contributed by atoms with Gasteiger partial charge in [0, 0.05) is 18.8 Å². The van der Waals surface area contributed by atoms with Gasteiger partial charge in [-0.2, -0.15) is 0 Å². The number of hydrogen-bond donors (Lipinski definition) is 1. The number of carbonyl (C=O) groups is 1. The van der Waals surface area contributed by atoms with Gasteiger partial charge in [-0.15, -0.1) is 0 Å². The fourth-order valence-electron chi connectivity index (χ4n) is 1.94. The van der Waals surface area contributed by atoms with Crippen molar-refractivity contribution in [1.82, 2.24) is 4.90 Å². The maximum Gasteiger partial charge on any atom is 0.242 e. The van der Waals surface area contributed by atoms with Crippen molar-refractivity contribution in [2.75, 3.05) is 44.8 Å². The second-order valence-electron chi connectivity index (χ2n) is 4.30. The highest BCUT2D eigenvalue weighted by atomic mass is 16.5. The lowest BCUT2D eigenvalue weighted by molar-refractivity contribution is -0.133. The van der Waals surface area contributed by atoms with E-state index in [0.717, 1.165) is 11.4 Å². The van der Waals surface area contributed by atoms with Crippen LogP contribution in [0.3, 0.4) is 0 Å². The monoisotopic (exact) mass is 264 g/mol. The first-order valence-electron chi connectivity index (χ1n) is 6.62. The summed E-state index contributed by atoms with van der Waals surface area (Å²) in [7, 11) is 0. The van der Waals surface area contributed by atoms with Crippen LogP contribution in [0.2, 0.25) is 0 Å². The van der Waals surface area contributed by atoms with Gasteiger partial charge >= 0.3 is 0 Å². The van der Waals surface area contributed by atoms with Crippen molar-refractivity contribution < 1.29 is 14.3 Å². The summed E-state index contributed by atoms with van der Waals surface area (Å²) in [4.78, 5) is 13.7. The standard InChI is InChI=1S/C14H20N2O3/c1-2-19-13-5-3-12(4-6-13)15-11-14(17)16-7-9-18-10-8-16/h3-6,15H,2,7-11H2,1H3. The van der Waals surface area contributed by atoms with Gasteiger partial charge < -0.3 is 19.7 Å². The molecule has 19 heavy (non-hydrogen) atoms. The van der Waals surface area contributed by atoms with Crippen LogP contribution in [0.15, 0.2) is 24.3 Å². The van der Waals surface area contributed by atoms with Crippen LogP contribution in [0.1, 0.15) is 6.92 Å². The molecule has 0 saturated carbocycles. The molecular formula is C14H20N2O3. The SMILES string of the molecule is CCOc1ccc(NCC(=O)N2CCOCC2)cc1. The molecule has 1 amide bonds. The summed E-state index contributed by atoms with van der Waals surface area (Å²) in [5, 5.41) is 3.12. The van der Waals surface area contributed by atoms with Crippen molar-refractivity contribution in [3.8, 4) is 5.75 Å².